The standard InChI is InChI=1S/C23H45N5O2.HI/c1-4-24-23(25-15-9-6-10-18-30-21-11-7-5-8-12-21)26-20-13-16-28(17-14-20)19-22(29)27(2)3;/h20-21H,4-19H2,1-3H3,(H2,24,25,26);1H. The number of unbranched alkanes of at least 4 members (excludes halogenated alkanes) is 2. The molecule has 7 nitrogen and oxygen atoms in total. The number of amides is 1. The van der Waals surface area contributed by atoms with Crippen molar-refractivity contribution in [1.29, 1.82) is 0 Å². The van der Waals surface area contributed by atoms with E-state index in [1.54, 1.807) is 4.90 Å². The Morgan fingerprint density at radius 3 is 2.42 bits per heavy atom. The Hall–Kier alpha value is -0.610. The number of nitrogens with one attached hydrogen (secondary N) is 2. The first-order valence-electron chi connectivity index (χ1n) is 12.2. The van der Waals surface area contributed by atoms with E-state index in [9.17, 15) is 4.79 Å². The maximum absolute atomic E-state index is 11.9. The smallest absolute Gasteiger partial charge is 0.236 e. The highest BCUT2D eigenvalue weighted by atomic mass is 127. The number of rotatable bonds is 11. The number of likely N-dealkylation sites (N-methyl/N-ethyl adjacent to an activating group) is 1. The van der Waals surface area contributed by atoms with E-state index in [0.717, 1.165) is 64.4 Å². The molecular formula is C23H46IN5O2. The van der Waals surface area contributed by atoms with E-state index in [0.29, 0.717) is 18.7 Å². The predicted molar refractivity (Wildman–Crippen MR) is 139 cm³/mol. The largest absolute Gasteiger partial charge is 0.378 e. The van der Waals surface area contributed by atoms with Crippen molar-refractivity contribution in [2.75, 3.05) is 53.4 Å². The molecule has 8 heteroatoms. The molecule has 1 saturated carbocycles. The van der Waals surface area contributed by atoms with Crippen molar-refractivity contribution >= 4 is 35.8 Å². The van der Waals surface area contributed by atoms with Gasteiger partial charge >= 0.3 is 0 Å². The van der Waals surface area contributed by atoms with Gasteiger partial charge in [-0.25, -0.2) is 0 Å². The molecule has 1 aliphatic heterocycles. The molecule has 2 rings (SSSR count). The van der Waals surface area contributed by atoms with Crippen LogP contribution in [-0.2, 0) is 9.53 Å². The fourth-order valence-electron chi connectivity index (χ4n) is 4.14. The van der Waals surface area contributed by atoms with Crippen LogP contribution in [0.25, 0.3) is 0 Å². The van der Waals surface area contributed by atoms with Crippen LogP contribution >= 0.6 is 24.0 Å². The van der Waals surface area contributed by atoms with Gasteiger partial charge < -0.3 is 20.3 Å². The number of aliphatic imine (C=N–C) groups is 1. The molecule has 0 aromatic heterocycles. The lowest BCUT2D eigenvalue weighted by Gasteiger charge is -2.33. The molecule has 1 aliphatic carbocycles. The van der Waals surface area contributed by atoms with Crippen molar-refractivity contribution in [3.63, 3.8) is 0 Å². The molecule has 1 amide bonds. The Labute approximate surface area is 207 Å². The van der Waals surface area contributed by atoms with Crippen LogP contribution in [0, 0.1) is 0 Å². The van der Waals surface area contributed by atoms with Crippen LogP contribution in [0.3, 0.4) is 0 Å². The molecule has 31 heavy (non-hydrogen) atoms. The summed E-state index contributed by atoms with van der Waals surface area (Å²) in [5.74, 6) is 1.11. The molecule has 2 fully saturated rings. The Balaban J connectivity index is 0.00000480. The van der Waals surface area contributed by atoms with Crippen LogP contribution in [0.1, 0.15) is 71.1 Å². The van der Waals surface area contributed by atoms with Gasteiger partial charge in [0, 0.05) is 52.9 Å². The summed E-state index contributed by atoms with van der Waals surface area (Å²) in [5, 5.41) is 6.96. The first-order chi connectivity index (χ1) is 14.6. The molecule has 0 radical (unpaired) electrons. The van der Waals surface area contributed by atoms with Gasteiger partial charge in [-0.2, -0.15) is 0 Å². The molecule has 0 bridgehead atoms. The van der Waals surface area contributed by atoms with E-state index < -0.39 is 0 Å². The van der Waals surface area contributed by atoms with Gasteiger partial charge in [-0.3, -0.25) is 14.7 Å². The van der Waals surface area contributed by atoms with Crippen molar-refractivity contribution in [3.8, 4) is 0 Å². The average Bonchev–Trinajstić information content (AvgIpc) is 2.75. The van der Waals surface area contributed by atoms with Crippen LogP contribution in [0.15, 0.2) is 4.99 Å². The lowest BCUT2D eigenvalue weighted by atomic mass is 9.98. The second kappa shape index (κ2) is 16.9. The van der Waals surface area contributed by atoms with Gasteiger partial charge in [0.25, 0.3) is 0 Å². The lowest BCUT2D eigenvalue weighted by Crippen LogP contribution is -2.50. The maximum Gasteiger partial charge on any atom is 0.236 e. The molecule has 0 aromatic carbocycles. The zero-order valence-corrected chi connectivity index (χ0v) is 22.4. The summed E-state index contributed by atoms with van der Waals surface area (Å²) in [6.07, 6.45) is 12.6. The zero-order chi connectivity index (χ0) is 21.6. The fourth-order valence-corrected chi connectivity index (χ4v) is 4.14. The monoisotopic (exact) mass is 551 g/mol. The second-order valence-corrected chi connectivity index (χ2v) is 8.94. The number of hydrogen-bond acceptors (Lipinski definition) is 4. The van der Waals surface area contributed by atoms with Crippen LogP contribution in [0.5, 0.6) is 0 Å². The Morgan fingerprint density at radius 1 is 1.06 bits per heavy atom. The first kappa shape index (κ1) is 28.4. The van der Waals surface area contributed by atoms with Gasteiger partial charge in [0.1, 0.15) is 0 Å². The quantitative estimate of drug-likeness (QED) is 0.179. The van der Waals surface area contributed by atoms with Gasteiger partial charge in [0.15, 0.2) is 5.96 Å². The highest BCUT2D eigenvalue weighted by molar-refractivity contribution is 14.0. The number of ether oxygens (including phenoxy) is 1. The van der Waals surface area contributed by atoms with E-state index in [2.05, 4.69) is 22.5 Å². The van der Waals surface area contributed by atoms with E-state index >= 15 is 0 Å². The maximum atomic E-state index is 11.9. The van der Waals surface area contributed by atoms with Gasteiger partial charge in [-0.05, 0) is 51.9 Å². The van der Waals surface area contributed by atoms with Gasteiger partial charge in [-0.15, -0.1) is 24.0 Å². The summed E-state index contributed by atoms with van der Waals surface area (Å²) in [4.78, 5) is 20.6. The molecule has 0 atom stereocenters. The molecule has 0 unspecified atom stereocenters. The third-order valence-electron chi connectivity index (χ3n) is 6.11. The summed E-state index contributed by atoms with van der Waals surface area (Å²) in [5.41, 5.74) is 0. The van der Waals surface area contributed by atoms with Crippen LogP contribution < -0.4 is 10.6 Å². The van der Waals surface area contributed by atoms with Crippen molar-refractivity contribution in [1.82, 2.24) is 20.4 Å². The zero-order valence-electron chi connectivity index (χ0n) is 20.0. The van der Waals surface area contributed by atoms with E-state index in [1.165, 1.54) is 38.5 Å². The fraction of sp³-hybridized carbons (Fsp3) is 0.913. The number of guanidine groups is 1. The minimum Gasteiger partial charge on any atom is -0.378 e. The minimum atomic E-state index is 0. The Kier molecular flexibility index (Phi) is 15.5. The molecule has 0 aromatic rings. The number of piperidine rings is 1. The van der Waals surface area contributed by atoms with Crippen molar-refractivity contribution < 1.29 is 9.53 Å². The van der Waals surface area contributed by atoms with Gasteiger partial charge in [0.05, 0.1) is 12.6 Å². The van der Waals surface area contributed by atoms with Crippen LogP contribution in [0.4, 0.5) is 0 Å². The summed E-state index contributed by atoms with van der Waals surface area (Å²) in [7, 11) is 3.64. The second-order valence-electron chi connectivity index (χ2n) is 8.94. The highest BCUT2D eigenvalue weighted by Gasteiger charge is 2.22. The number of halogens is 1. The molecule has 182 valence electrons. The molecule has 2 N–H and O–H groups in total. The van der Waals surface area contributed by atoms with E-state index in [1.807, 2.05) is 14.1 Å². The normalized spacial score (nSPS) is 19.0. The number of nitrogens with zero attached hydrogens (tertiary/aromatic N) is 3. The molecular weight excluding hydrogens is 505 g/mol. The number of likely N-dealkylation sites (tertiary alicyclic amines) is 1. The Bertz CT molecular complexity index is 504. The van der Waals surface area contributed by atoms with Gasteiger partial charge in [-0.1, -0.05) is 19.3 Å². The third kappa shape index (κ3) is 12.3. The molecule has 2 aliphatic rings. The third-order valence-corrected chi connectivity index (χ3v) is 6.11. The van der Waals surface area contributed by atoms with Crippen molar-refractivity contribution in [2.45, 2.75) is 83.3 Å². The van der Waals surface area contributed by atoms with Crippen LogP contribution in [0.2, 0.25) is 0 Å². The predicted octanol–water partition coefficient (Wildman–Crippen LogP) is 3.23. The lowest BCUT2D eigenvalue weighted by molar-refractivity contribution is -0.130. The first-order valence-corrected chi connectivity index (χ1v) is 12.2. The minimum absolute atomic E-state index is 0. The number of carbonyl (C=O) groups is 1. The summed E-state index contributed by atoms with van der Waals surface area (Å²) >= 11 is 0. The van der Waals surface area contributed by atoms with Gasteiger partial charge in [0.2, 0.25) is 5.91 Å². The number of carbonyl (C=O) groups excluding carboxylic acids is 1. The Morgan fingerprint density at radius 2 is 1.77 bits per heavy atom. The van der Waals surface area contributed by atoms with E-state index in [-0.39, 0.29) is 29.9 Å². The van der Waals surface area contributed by atoms with Crippen molar-refractivity contribution in [3.05, 3.63) is 0 Å². The summed E-state index contributed by atoms with van der Waals surface area (Å²) in [6, 6.07) is 0.428. The molecule has 1 heterocycles. The summed E-state index contributed by atoms with van der Waals surface area (Å²) in [6.45, 7) is 7.18. The summed E-state index contributed by atoms with van der Waals surface area (Å²) < 4.78 is 6.01. The average molecular weight is 552 g/mol. The van der Waals surface area contributed by atoms with Crippen LogP contribution in [-0.4, -0.2) is 87.2 Å². The molecule has 1 saturated heterocycles. The SMILES string of the molecule is CCNC(=NCCCCCOC1CCCCC1)NC1CCN(CC(=O)N(C)C)CC1.I. The highest BCUT2D eigenvalue weighted by Crippen LogP contribution is 2.20. The topological polar surface area (TPSA) is 69.2 Å². The van der Waals surface area contributed by atoms with Crippen molar-refractivity contribution in [2.24, 2.45) is 4.99 Å². The molecule has 0 spiro atoms. The van der Waals surface area contributed by atoms with E-state index in [4.69, 9.17) is 9.73 Å². The number of hydrogen-bond donors (Lipinski definition) is 2.